The number of hydrogen-bond donors (Lipinski definition) is 2. The molecule has 0 aliphatic heterocycles. The first-order valence-electron chi connectivity index (χ1n) is 5.65. The van der Waals surface area contributed by atoms with Gasteiger partial charge in [0.1, 0.15) is 11.5 Å². The van der Waals surface area contributed by atoms with Gasteiger partial charge in [0.15, 0.2) is 0 Å². The Labute approximate surface area is 133 Å². The van der Waals surface area contributed by atoms with Crippen molar-refractivity contribution in [3.8, 4) is 11.5 Å². The van der Waals surface area contributed by atoms with E-state index < -0.39 is 5.91 Å². The highest BCUT2D eigenvalue weighted by molar-refractivity contribution is 9.11. The lowest BCUT2D eigenvalue weighted by atomic mass is 10.1. The molecule has 0 bridgehead atoms. The van der Waals surface area contributed by atoms with Crippen LogP contribution < -0.4 is 10.1 Å². The number of phenols is 1. The summed E-state index contributed by atoms with van der Waals surface area (Å²) in [5.74, 6) is -0.0281. The van der Waals surface area contributed by atoms with Gasteiger partial charge in [-0.15, -0.1) is 0 Å². The summed E-state index contributed by atoms with van der Waals surface area (Å²) in [6.45, 7) is 0. The van der Waals surface area contributed by atoms with Crippen LogP contribution in [0.25, 0.3) is 0 Å². The molecular formula is C14H11Br2NO3. The number of nitrogens with one attached hydrogen (secondary N) is 1. The summed E-state index contributed by atoms with van der Waals surface area (Å²) in [4.78, 5) is 12.2. The predicted octanol–water partition coefficient (Wildman–Crippen LogP) is 4.18. The third-order valence-electron chi connectivity index (χ3n) is 2.65. The zero-order valence-corrected chi connectivity index (χ0v) is 13.7. The average Bonchev–Trinajstić information content (AvgIpc) is 2.43. The number of methoxy groups -OCH3 is 1. The summed E-state index contributed by atoms with van der Waals surface area (Å²) in [6.07, 6.45) is 0. The molecule has 6 heteroatoms. The number of carbonyl (C=O) groups is 1. The highest BCUT2D eigenvalue weighted by atomic mass is 79.9. The molecule has 0 unspecified atom stereocenters. The molecular weight excluding hydrogens is 390 g/mol. The van der Waals surface area contributed by atoms with E-state index in [1.807, 2.05) is 18.2 Å². The molecule has 0 heterocycles. The third-order valence-corrected chi connectivity index (χ3v) is 3.97. The van der Waals surface area contributed by atoms with Gasteiger partial charge >= 0.3 is 0 Å². The molecule has 0 atom stereocenters. The van der Waals surface area contributed by atoms with E-state index in [1.165, 1.54) is 19.2 Å². The summed E-state index contributed by atoms with van der Waals surface area (Å²) in [6, 6.07) is 9.95. The van der Waals surface area contributed by atoms with Crippen molar-refractivity contribution in [2.45, 2.75) is 0 Å². The number of benzene rings is 2. The molecule has 2 aromatic rings. The zero-order chi connectivity index (χ0) is 14.7. The fraction of sp³-hybridized carbons (Fsp3) is 0.0714. The minimum absolute atomic E-state index is 0.105. The van der Waals surface area contributed by atoms with E-state index in [-0.39, 0.29) is 11.3 Å². The van der Waals surface area contributed by atoms with Gasteiger partial charge in [-0.2, -0.15) is 0 Å². The topological polar surface area (TPSA) is 58.6 Å². The van der Waals surface area contributed by atoms with Crippen molar-refractivity contribution in [2.75, 3.05) is 12.4 Å². The minimum Gasteiger partial charge on any atom is -0.507 e. The SMILES string of the molecule is COc1ccc(O)c(C(=O)Nc2c(Br)cccc2Br)c1. The molecule has 2 N–H and O–H groups in total. The van der Waals surface area contributed by atoms with E-state index in [0.717, 1.165) is 8.95 Å². The lowest BCUT2D eigenvalue weighted by molar-refractivity contribution is 0.102. The number of carbonyl (C=O) groups excluding carboxylic acids is 1. The van der Waals surface area contributed by atoms with Crippen molar-refractivity contribution in [2.24, 2.45) is 0 Å². The highest BCUT2D eigenvalue weighted by Gasteiger charge is 2.15. The Morgan fingerprint density at radius 1 is 1.20 bits per heavy atom. The molecule has 0 aliphatic carbocycles. The fourth-order valence-corrected chi connectivity index (χ4v) is 2.82. The molecule has 20 heavy (non-hydrogen) atoms. The van der Waals surface area contributed by atoms with E-state index in [4.69, 9.17) is 4.74 Å². The van der Waals surface area contributed by atoms with E-state index in [0.29, 0.717) is 11.4 Å². The number of amides is 1. The Kier molecular flexibility index (Phi) is 4.67. The fourth-order valence-electron chi connectivity index (χ4n) is 1.62. The van der Waals surface area contributed by atoms with Gasteiger partial charge in [-0.05, 0) is 62.2 Å². The van der Waals surface area contributed by atoms with Crippen LogP contribution in [0.2, 0.25) is 0 Å². The summed E-state index contributed by atoms with van der Waals surface area (Å²) in [7, 11) is 1.50. The van der Waals surface area contributed by atoms with Crippen molar-refractivity contribution in [3.63, 3.8) is 0 Å². The molecule has 0 spiro atoms. The van der Waals surface area contributed by atoms with Crippen LogP contribution in [-0.4, -0.2) is 18.1 Å². The van der Waals surface area contributed by atoms with Gasteiger partial charge in [-0.3, -0.25) is 4.79 Å². The largest absolute Gasteiger partial charge is 0.507 e. The van der Waals surface area contributed by atoms with Gasteiger partial charge < -0.3 is 15.2 Å². The number of rotatable bonds is 3. The van der Waals surface area contributed by atoms with Crippen LogP contribution in [0.15, 0.2) is 45.3 Å². The summed E-state index contributed by atoms with van der Waals surface area (Å²) >= 11 is 6.73. The molecule has 0 aromatic heterocycles. The van der Waals surface area contributed by atoms with E-state index in [2.05, 4.69) is 37.2 Å². The maximum absolute atomic E-state index is 12.2. The normalized spacial score (nSPS) is 10.2. The molecule has 2 rings (SSSR count). The quantitative estimate of drug-likeness (QED) is 0.812. The Morgan fingerprint density at radius 3 is 2.45 bits per heavy atom. The van der Waals surface area contributed by atoms with E-state index >= 15 is 0 Å². The van der Waals surface area contributed by atoms with Gasteiger partial charge in [-0.1, -0.05) is 6.07 Å². The number of anilines is 1. The third kappa shape index (κ3) is 3.13. The molecule has 1 amide bonds. The summed E-state index contributed by atoms with van der Waals surface area (Å²) < 4.78 is 6.53. The Bertz CT molecular complexity index is 639. The molecule has 0 radical (unpaired) electrons. The Balaban J connectivity index is 2.33. The molecule has 0 saturated carbocycles. The van der Waals surface area contributed by atoms with Crippen LogP contribution in [0.3, 0.4) is 0 Å². The van der Waals surface area contributed by atoms with Gasteiger partial charge in [0.25, 0.3) is 5.91 Å². The number of hydrogen-bond acceptors (Lipinski definition) is 3. The molecule has 0 fully saturated rings. The van der Waals surface area contributed by atoms with Crippen LogP contribution in [-0.2, 0) is 0 Å². The van der Waals surface area contributed by atoms with Gasteiger partial charge in [0.05, 0.1) is 18.4 Å². The highest BCUT2D eigenvalue weighted by Crippen LogP contribution is 2.32. The van der Waals surface area contributed by atoms with Gasteiger partial charge in [-0.25, -0.2) is 0 Å². The monoisotopic (exact) mass is 399 g/mol. The van der Waals surface area contributed by atoms with Crippen LogP contribution in [0.4, 0.5) is 5.69 Å². The smallest absolute Gasteiger partial charge is 0.259 e. The van der Waals surface area contributed by atoms with E-state index in [1.54, 1.807) is 6.07 Å². The second-order valence-corrected chi connectivity index (χ2v) is 5.64. The standard InChI is InChI=1S/C14H11Br2NO3/c1-20-8-5-6-12(18)9(7-8)14(19)17-13-10(15)3-2-4-11(13)16/h2-7,18H,1H3,(H,17,19). The first-order valence-corrected chi connectivity index (χ1v) is 7.24. The van der Waals surface area contributed by atoms with Crippen LogP contribution >= 0.6 is 31.9 Å². The molecule has 0 aliphatic rings. The summed E-state index contributed by atoms with van der Waals surface area (Å²) in [5, 5.41) is 12.5. The number of phenolic OH excluding ortho intramolecular Hbond substituents is 1. The average molecular weight is 401 g/mol. The molecule has 0 saturated heterocycles. The Morgan fingerprint density at radius 2 is 1.85 bits per heavy atom. The van der Waals surface area contributed by atoms with Crippen molar-refractivity contribution in [1.82, 2.24) is 0 Å². The first kappa shape index (κ1) is 14.9. The zero-order valence-electron chi connectivity index (χ0n) is 10.5. The van der Waals surface area contributed by atoms with Crippen LogP contribution in [0, 0.1) is 0 Å². The van der Waals surface area contributed by atoms with Crippen molar-refractivity contribution < 1.29 is 14.6 Å². The number of aromatic hydroxyl groups is 1. The molecule has 2 aromatic carbocycles. The maximum atomic E-state index is 12.2. The van der Waals surface area contributed by atoms with Crippen molar-refractivity contribution in [1.29, 1.82) is 0 Å². The number of para-hydroxylation sites is 1. The van der Waals surface area contributed by atoms with Crippen LogP contribution in [0.1, 0.15) is 10.4 Å². The summed E-state index contributed by atoms with van der Waals surface area (Å²) in [5.41, 5.74) is 0.742. The van der Waals surface area contributed by atoms with Crippen molar-refractivity contribution in [3.05, 3.63) is 50.9 Å². The lowest BCUT2D eigenvalue weighted by Crippen LogP contribution is -2.13. The number of halogens is 2. The minimum atomic E-state index is -0.422. The van der Waals surface area contributed by atoms with Crippen molar-refractivity contribution >= 4 is 43.5 Å². The second kappa shape index (κ2) is 6.28. The predicted molar refractivity (Wildman–Crippen MR) is 84.5 cm³/mol. The maximum Gasteiger partial charge on any atom is 0.259 e. The van der Waals surface area contributed by atoms with E-state index in [9.17, 15) is 9.90 Å². The lowest BCUT2D eigenvalue weighted by Gasteiger charge is -2.11. The van der Waals surface area contributed by atoms with Crippen LogP contribution in [0.5, 0.6) is 11.5 Å². The van der Waals surface area contributed by atoms with Gasteiger partial charge in [0.2, 0.25) is 0 Å². The number of ether oxygens (including phenoxy) is 1. The molecule has 4 nitrogen and oxygen atoms in total. The first-order chi connectivity index (χ1) is 9.52. The molecule has 104 valence electrons. The second-order valence-electron chi connectivity index (χ2n) is 3.93. The van der Waals surface area contributed by atoms with Gasteiger partial charge in [0, 0.05) is 8.95 Å². The Hall–Kier alpha value is -1.53.